The lowest BCUT2D eigenvalue weighted by atomic mass is 9.85. The summed E-state index contributed by atoms with van der Waals surface area (Å²) in [5, 5.41) is 51.7. The predicted molar refractivity (Wildman–Crippen MR) is 133 cm³/mol. The van der Waals surface area contributed by atoms with Crippen molar-refractivity contribution in [3.63, 3.8) is 0 Å². The fraction of sp³-hybridized carbons (Fsp3) is 0.962. The van der Waals surface area contributed by atoms with E-state index in [2.05, 4.69) is 0 Å². The molecule has 14 atom stereocenters. The molecular formula is C26H45NO12. The summed E-state index contributed by atoms with van der Waals surface area (Å²) in [7, 11) is 3.28. The molecule has 0 aromatic rings. The number of carbonyl (C=O) groups excluding carboxylic acids is 1. The Hall–Kier alpha value is -0.970. The molecule has 1 aliphatic carbocycles. The first kappa shape index (κ1) is 31.0. The average Bonchev–Trinajstić information content (AvgIpc) is 2.89. The van der Waals surface area contributed by atoms with Crippen molar-refractivity contribution in [1.29, 1.82) is 0 Å². The first-order valence-electron chi connectivity index (χ1n) is 14.0. The van der Waals surface area contributed by atoms with Gasteiger partial charge in [-0.15, -0.1) is 0 Å². The van der Waals surface area contributed by atoms with E-state index < -0.39 is 86.3 Å². The van der Waals surface area contributed by atoms with Gasteiger partial charge in [0.2, 0.25) is 0 Å². The summed E-state index contributed by atoms with van der Waals surface area (Å²) in [6, 6.07) is 0. The third-order valence-corrected chi connectivity index (χ3v) is 8.24. The van der Waals surface area contributed by atoms with Crippen LogP contribution in [0.2, 0.25) is 0 Å². The quantitative estimate of drug-likeness (QED) is 0.253. The highest BCUT2D eigenvalue weighted by atomic mass is 16.7. The summed E-state index contributed by atoms with van der Waals surface area (Å²) in [5.41, 5.74) is 0. The van der Waals surface area contributed by atoms with Gasteiger partial charge in [0.15, 0.2) is 12.6 Å². The van der Waals surface area contributed by atoms with Crippen LogP contribution in [0.1, 0.15) is 46.0 Å². The second-order valence-corrected chi connectivity index (χ2v) is 11.4. The SMILES string of the molecule is CC1CCCC(OC2O[C@H](CO)C(O)C3OC(C(=O)N(C)C)CCCOC23)C1OC1OC(C)C(O)C(O)C1O. The molecule has 0 aromatic heterocycles. The standard InChI is InChI=1S/C26H45NO12/c1-12-7-5-8-14(21(12)39-25-20(32)19(31)17(29)13(2)35-25)37-26-23-22(18(30)16(11-28)38-26)36-15(9-6-10-34-23)24(33)27(3)4/h12-23,25-26,28-32H,5-11H2,1-4H3/t12?,13?,14?,15?,16-,17?,18?,19?,20?,21?,22?,23?,25?,26?/m1/s1. The van der Waals surface area contributed by atoms with Gasteiger partial charge < -0.3 is 58.9 Å². The number of rotatable bonds is 6. The minimum Gasteiger partial charge on any atom is -0.394 e. The molecule has 4 aliphatic rings. The molecule has 13 unspecified atom stereocenters. The highest BCUT2D eigenvalue weighted by molar-refractivity contribution is 5.80. The molecule has 1 saturated carbocycles. The molecule has 0 bridgehead atoms. The fourth-order valence-corrected chi connectivity index (χ4v) is 5.85. The van der Waals surface area contributed by atoms with Gasteiger partial charge >= 0.3 is 0 Å². The van der Waals surface area contributed by atoms with E-state index in [-0.39, 0.29) is 11.8 Å². The van der Waals surface area contributed by atoms with Crippen molar-refractivity contribution >= 4 is 5.91 Å². The summed E-state index contributed by atoms with van der Waals surface area (Å²) < 4.78 is 36.4. The molecule has 0 aromatic carbocycles. The van der Waals surface area contributed by atoms with Crippen molar-refractivity contribution in [3.05, 3.63) is 0 Å². The van der Waals surface area contributed by atoms with Gasteiger partial charge in [0, 0.05) is 20.7 Å². The van der Waals surface area contributed by atoms with Crippen LogP contribution >= 0.6 is 0 Å². The smallest absolute Gasteiger partial charge is 0.251 e. The Morgan fingerprint density at radius 1 is 0.846 bits per heavy atom. The molecule has 3 saturated heterocycles. The molecule has 39 heavy (non-hydrogen) atoms. The van der Waals surface area contributed by atoms with Gasteiger partial charge in [-0.05, 0) is 38.5 Å². The average molecular weight is 564 g/mol. The van der Waals surface area contributed by atoms with Gasteiger partial charge in [0.1, 0.15) is 48.8 Å². The monoisotopic (exact) mass is 563 g/mol. The molecule has 3 heterocycles. The summed E-state index contributed by atoms with van der Waals surface area (Å²) in [6.07, 6.45) is -9.94. The van der Waals surface area contributed by atoms with E-state index in [0.29, 0.717) is 25.9 Å². The Labute approximate surface area is 228 Å². The molecule has 3 aliphatic heterocycles. The van der Waals surface area contributed by atoms with Crippen LogP contribution in [0.4, 0.5) is 0 Å². The van der Waals surface area contributed by atoms with Crippen LogP contribution < -0.4 is 0 Å². The molecule has 1 amide bonds. The number of likely N-dealkylation sites (N-methyl/N-ethyl adjacent to an activating group) is 1. The second kappa shape index (κ2) is 13.3. The number of ether oxygens (including phenoxy) is 6. The number of carbonyl (C=O) groups is 1. The van der Waals surface area contributed by atoms with Gasteiger partial charge in [-0.1, -0.05) is 13.3 Å². The molecular weight excluding hydrogens is 518 g/mol. The van der Waals surface area contributed by atoms with E-state index in [1.807, 2.05) is 6.92 Å². The van der Waals surface area contributed by atoms with Crippen LogP contribution in [0.5, 0.6) is 0 Å². The lowest BCUT2D eigenvalue weighted by molar-refractivity contribution is -0.354. The Bertz CT molecular complexity index is 803. The number of amides is 1. The summed E-state index contributed by atoms with van der Waals surface area (Å²) in [5.74, 6) is -0.233. The summed E-state index contributed by atoms with van der Waals surface area (Å²) in [4.78, 5) is 14.2. The number of aliphatic hydroxyl groups excluding tert-OH is 5. The van der Waals surface area contributed by atoms with Gasteiger partial charge in [0.05, 0.1) is 24.9 Å². The highest BCUT2D eigenvalue weighted by Crippen LogP contribution is 2.36. The molecule has 5 N–H and O–H groups in total. The van der Waals surface area contributed by atoms with Crippen LogP contribution in [0.3, 0.4) is 0 Å². The van der Waals surface area contributed by atoms with Crippen molar-refractivity contribution in [2.75, 3.05) is 27.3 Å². The zero-order valence-electron chi connectivity index (χ0n) is 23.1. The molecule has 4 rings (SSSR count). The lowest BCUT2D eigenvalue weighted by Crippen LogP contribution is -2.64. The normalized spacial score (nSPS) is 47.5. The molecule has 226 valence electrons. The van der Waals surface area contributed by atoms with E-state index in [1.54, 1.807) is 21.0 Å². The van der Waals surface area contributed by atoms with Gasteiger partial charge in [-0.25, -0.2) is 0 Å². The Morgan fingerprint density at radius 2 is 1.59 bits per heavy atom. The summed E-state index contributed by atoms with van der Waals surface area (Å²) >= 11 is 0. The zero-order valence-corrected chi connectivity index (χ0v) is 23.1. The van der Waals surface area contributed by atoms with E-state index in [4.69, 9.17) is 28.4 Å². The third-order valence-electron chi connectivity index (χ3n) is 8.24. The van der Waals surface area contributed by atoms with Gasteiger partial charge in [-0.2, -0.15) is 0 Å². The number of fused-ring (bicyclic) bond motifs is 1. The fourth-order valence-electron chi connectivity index (χ4n) is 5.85. The first-order valence-corrected chi connectivity index (χ1v) is 14.0. The third kappa shape index (κ3) is 6.75. The van der Waals surface area contributed by atoms with Crippen LogP contribution in [0, 0.1) is 5.92 Å². The van der Waals surface area contributed by atoms with Crippen molar-refractivity contribution in [3.8, 4) is 0 Å². The Morgan fingerprint density at radius 3 is 2.28 bits per heavy atom. The lowest BCUT2D eigenvalue weighted by Gasteiger charge is -2.48. The first-order chi connectivity index (χ1) is 18.5. The zero-order chi connectivity index (χ0) is 28.4. The van der Waals surface area contributed by atoms with Crippen LogP contribution in [-0.4, -0.2) is 143 Å². The van der Waals surface area contributed by atoms with Crippen LogP contribution in [0.15, 0.2) is 0 Å². The Kier molecular flexibility index (Phi) is 10.6. The molecule has 0 radical (unpaired) electrons. The van der Waals surface area contributed by atoms with Crippen molar-refractivity contribution in [2.45, 2.75) is 126 Å². The van der Waals surface area contributed by atoms with E-state index in [0.717, 1.165) is 12.8 Å². The van der Waals surface area contributed by atoms with Crippen molar-refractivity contribution < 1.29 is 58.7 Å². The van der Waals surface area contributed by atoms with E-state index in [1.165, 1.54) is 4.90 Å². The van der Waals surface area contributed by atoms with Crippen LogP contribution in [-0.2, 0) is 33.2 Å². The minimum atomic E-state index is -1.45. The van der Waals surface area contributed by atoms with Gasteiger partial charge in [-0.3, -0.25) is 4.79 Å². The largest absolute Gasteiger partial charge is 0.394 e. The molecule has 13 heteroatoms. The topological polar surface area (TPSA) is 177 Å². The summed E-state index contributed by atoms with van der Waals surface area (Å²) in [6.45, 7) is 3.37. The van der Waals surface area contributed by atoms with E-state index >= 15 is 0 Å². The Balaban J connectivity index is 1.53. The maximum atomic E-state index is 12.7. The van der Waals surface area contributed by atoms with Crippen LogP contribution in [0.25, 0.3) is 0 Å². The predicted octanol–water partition coefficient (Wildman–Crippen LogP) is -1.50. The van der Waals surface area contributed by atoms with Crippen molar-refractivity contribution in [2.24, 2.45) is 5.92 Å². The number of hydrogen-bond donors (Lipinski definition) is 5. The van der Waals surface area contributed by atoms with Gasteiger partial charge in [0.25, 0.3) is 5.91 Å². The number of hydrogen-bond acceptors (Lipinski definition) is 12. The second-order valence-electron chi connectivity index (χ2n) is 11.4. The highest BCUT2D eigenvalue weighted by Gasteiger charge is 2.52. The molecule has 4 fully saturated rings. The molecule has 0 spiro atoms. The van der Waals surface area contributed by atoms with E-state index in [9.17, 15) is 30.3 Å². The molecule has 13 nitrogen and oxygen atoms in total. The number of aliphatic hydroxyl groups is 5. The maximum Gasteiger partial charge on any atom is 0.251 e. The minimum absolute atomic E-state index is 0.00550. The maximum absolute atomic E-state index is 12.7. The van der Waals surface area contributed by atoms with Crippen molar-refractivity contribution in [1.82, 2.24) is 4.90 Å². The number of nitrogens with zero attached hydrogens (tertiary/aromatic N) is 1.